The van der Waals surface area contributed by atoms with Gasteiger partial charge in [0.2, 0.25) is 5.91 Å². The van der Waals surface area contributed by atoms with E-state index in [1.807, 2.05) is 19.1 Å². The number of hydrogen-bond acceptors (Lipinski definition) is 3. The molecule has 1 saturated heterocycles. The minimum Gasteiger partial charge on any atom is -0.481 e. The number of aryl methyl sites for hydroxylation is 1. The molecule has 0 spiro atoms. The summed E-state index contributed by atoms with van der Waals surface area (Å²) in [5, 5.41) is 9.17. The molecule has 0 unspecified atom stereocenters. The van der Waals surface area contributed by atoms with Crippen molar-refractivity contribution in [1.82, 2.24) is 4.90 Å². The highest BCUT2D eigenvalue weighted by atomic mass is 35.5. The van der Waals surface area contributed by atoms with Crippen LogP contribution in [-0.2, 0) is 16.0 Å². The summed E-state index contributed by atoms with van der Waals surface area (Å²) in [6.07, 6.45) is 2.49. The average Bonchev–Trinajstić information content (AvgIpc) is 2.81. The molecule has 6 heteroatoms. The number of hydrogen-bond donors (Lipinski definition) is 1. The second-order valence-electron chi connectivity index (χ2n) is 5.12. The molecule has 110 valence electrons. The average molecular weight is 316 g/mol. The molecule has 1 aromatic heterocycles. The van der Waals surface area contributed by atoms with Crippen molar-refractivity contribution < 1.29 is 14.7 Å². The smallest absolute Gasteiger partial charge is 0.308 e. The van der Waals surface area contributed by atoms with Gasteiger partial charge in [0.15, 0.2) is 0 Å². The molecule has 1 fully saturated rings. The van der Waals surface area contributed by atoms with Gasteiger partial charge < -0.3 is 10.0 Å². The molecular weight excluding hydrogens is 298 g/mol. The number of carbonyl (C=O) groups excluding carboxylic acids is 1. The minimum absolute atomic E-state index is 0.0352. The van der Waals surface area contributed by atoms with Gasteiger partial charge in [-0.2, -0.15) is 0 Å². The van der Waals surface area contributed by atoms with Gasteiger partial charge >= 0.3 is 5.97 Å². The summed E-state index contributed by atoms with van der Waals surface area (Å²) >= 11 is 7.34. The van der Waals surface area contributed by atoms with E-state index in [4.69, 9.17) is 16.7 Å². The van der Waals surface area contributed by atoms with Crippen LogP contribution in [0.1, 0.15) is 31.1 Å². The number of carboxylic acid groups (broad SMARTS) is 1. The summed E-state index contributed by atoms with van der Waals surface area (Å²) in [7, 11) is 0. The number of carboxylic acids is 1. The van der Waals surface area contributed by atoms with Crippen molar-refractivity contribution in [2.45, 2.75) is 38.6 Å². The van der Waals surface area contributed by atoms with Crippen molar-refractivity contribution in [3.63, 3.8) is 0 Å². The van der Waals surface area contributed by atoms with E-state index in [0.29, 0.717) is 25.8 Å². The van der Waals surface area contributed by atoms with Gasteiger partial charge in [-0.1, -0.05) is 11.6 Å². The highest BCUT2D eigenvalue weighted by Crippen LogP contribution is 2.26. The summed E-state index contributed by atoms with van der Waals surface area (Å²) in [6, 6.07) is 3.54. The molecule has 1 aliphatic heterocycles. The third kappa shape index (κ3) is 3.52. The van der Waals surface area contributed by atoms with Gasteiger partial charge in [-0.15, -0.1) is 11.3 Å². The summed E-state index contributed by atoms with van der Waals surface area (Å²) in [6.45, 7) is 2.49. The number of amides is 1. The monoisotopic (exact) mass is 315 g/mol. The molecule has 1 amide bonds. The fourth-order valence-electron chi connectivity index (χ4n) is 2.69. The van der Waals surface area contributed by atoms with Crippen molar-refractivity contribution in [3.05, 3.63) is 21.3 Å². The van der Waals surface area contributed by atoms with Gasteiger partial charge in [-0.05, 0) is 38.3 Å². The van der Waals surface area contributed by atoms with Crippen LogP contribution >= 0.6 is 22.9 Å². The molecule has 1 N–H and O–H groups in total. The second kappa shape index (κ2) is 6.59. The minimum atomic E-state index is -0.806. The number of piperidine rings is 1. The normalized spacial score (nSPS) is 22.8. The third-order valence-electron chi connectivity index (χ3n) is 3.84. The largest absolute Gasteiger partial charge is 0.481 e. The van der Waals surface area contributed by atoms with E-state index in [1.54, 1.807) is 4.90 Å². The summed E-state index contributed by atoms with van der Waals surface area (Å²) < 4.78 is 0.727. The first kappa shape index (κ1) is 15.3. The van der Waals surface area contributed by atoms with Crippen molar-refractivity contribution >= 4 is 34.8 Å². The molecule has 2 heterocycles. The van der Waals surface area contributed by atoms with Gasteiger partial charge in [0.05, 0.1) is 10.3 Å². The molecule has 1 aromatic rings. The van der Waals surface area contributed by atoms with Crippen molar-refractivity contribution in [2.75, 3.05) is 6.54 Å². The molecule has 4 nitrogen and oxygen atoms in total. The highest BCUT2D eigenvalue weighted by Gasteiger charge is 2.34. The Hall–Kier alpha value is -1.07. The van der Waals surface area contributed by atoms with E-state index in [0.717, 1.165) is 15.6 Å². The molecule has 0 bridgehead atoms. The Bertz CT molecular complexity index is 502. The van der Waals surface area contributed by atoms with E-state index in [-0.39, 0.29) is 11.9 Å². The zero-order valence-corrected chi connectivity index (χ0v) is 12.9. The van der Waals surface area contributed by atoms with Gasteiger partial charge in [0.1, 0.15) is 0 Å². The maximum Gasteiger partial charge on any atom is 0.308 e. The fraction of sp³-hybridized carbons (Fsp3) is 0.571. The lowest BCUT2D eigenvalue weighted by Gasteiger charge is -2.37. The SMILES string of the molecule is C[C@@H]1[C@H](C(=O)O)CCCN1C(=O)CCc1ccc(Cl)s1. The predicted molar refractivity (Wildman–Crippen MR) is 79.2 cm³/mol. The molecule has 1 aliphatic rings. The predicted octanol–water partition coefficient (Wildman–Crippen LogP) is 3.05. The third-order valence-corrected chi connectivity index (χ3v) is 5.13. The quantitative estimate of drug-likeness (QED) is 0.929. The molecule has 0 aliphatic carbocycles. The summed E-state index contributed by atoms with van der Waals surface area (Å²) in [5.41, 5.74) is 0. The van der Waals surface area contributed by atoms with Gasteiger partial charge in [0.25, 0.3) is 0 Å². The summed E-state index contributed by atoms with van der Waals surface area (Å²) in [4.78, 5) is 26.2. The zero-order chi connectivity index (χ0) is 14.7. The van der Waals surface area contributed by atoms with Gasteiger partial charge in [-0.25, -0.2) is 0 Å². The van der Waals surface area contributed by atoms with Crippen LogP contribution in [0.2, 0.25) is 4.34 Å². The van der Waals surface area contributed by atoms with Crippen LogP contribution in [-0.4, -0.2) is 34.5 Å². The van der Waals surface area contributed by atoms with E-state index >= 15 is 0 Å². The Morgan fingerprint density at radius 3 is 2.85 bits per heavy atom. The molecular formula is C14H18ClNO3S. The Balaban J connectivity index is 1.92. The van der Waals surface area contributed by atoms with Crippen LogP contribution in [0.25, 0.3) is 0 Å². The van der Waals surface area contributed by atoms with E-state index in [9.17, 15) is 9.59 Å². The Kier molecular flexibility index (Phi) is 5.05. The van der Waals surface area contributed by atoms with Crippen molar-refractivity contribution in [3.8, 4) is 0 Å². The number of thiophene rings is 1. The lowest BCUT2D eigenvalue weighted by molar-refractivity contribution is -0.149. The lowest BCUT2D eigenvalue weighted by atomic mass is 9.90. The Labute approximate surface area is 127 Å². The first-order valence-corrected chi connectivity index (χ1v) is 7.95. The highest BCUT2D eigenvalue weighted by molar-refractivity contribution is 7.16. The van der Waals surface area contributed by atoms with Gasteiger partial charge in [-0.3, -0.25) is 9.59 Å². The number of halogens is 1. The van der Waals surface area contributed by atoms with Crippen molar-refractivity contribution in [2.24, 2.45) is 5.92 Å². The first-order valence-electron chi connectivity index (χ1n) is 6.75. The van der Waals surface area contributed by atoms with Crippen LogP contribution in [0, 0.1) is 5.92 Å². The maximum absolute atomic E-state index is 12.3. The number of rotatable bonds is 4. The van der Waals surface area contributed by atoms with E-state index in [1.165, 1.54) is 11.3 Å². The van der Waals surface area contributed by atoms with Crippen LogP contribution < -0.4 is 0 Å². The Morgan fingerprint density at radius 2 is 2.25 bits per heavy atom. The molecule has 0 saturated carbocycles. The lowest BCUT2D eigenvalue weighted by Crippen LogP contribution is -2.49. The topological polar surface area (TPSA) is 57.6 Å². The van der Waals surface area contributed by atoms with E-state index < -0.39 is 11.9 Å². The fourth-order valence-corrected chi connectivity index (χ4v) is 3.77. The maximum atomic E-state index is 12.3. The molecule has 0 radical (unpaired) electrons. The number of aliphatic carboxylic acids is 1. The van der Waals surface area contributed by atoms with Crippen molar-refractivity contribution in [1.29, 1.82) is 0 Å². The molecule has 2 rings (SSSR count). The van der Waals surface area contributed by atoms with Crippen LogP contribution in [0.3, 0.4) is 0 Å². The standard InChI is InChI=1S/C14H18ClNO3S/c1-9-11(14(18)19)3-2-8-16(9)13(17)7-5-10-4-6-12(15)20-10/h4,6,9,11H,2-3,5,7-8H2,1H3,(H,18,19)/t9-,11-/m1/s1. The number of likely N-dealkylation sites (tertiary alicyclic amines) is 1. The summed E-state index contributed by atoms with van der Waals surface area (Å²) in [5.74, 6) is -1.21. The van der Waals surface area contributed by atoms with E-state index in [2.05, 4.69) is 0 Å². The van der Waals surface area contributed by atoms with Crippen LogP contribution in [0.4, 0.5) is 0 Å². The number of carbonyl (C=O) groups is 2. The first-order chi connectivity index (χ1) is 9.49. The van der Waals surface area contributed by atoms with Gasteiger partial charge in [0, 0.05) is 23.9 Å². The molecule has 20 heavy (non-hydrogen) atoms. The Morgan fingerprint density at radius 1 is 1.50 bits per heavy atom. The zero-order valence-electron chi connectivity index (χ0n) is 11.3. The second-order valence-corrected chi connectivity index (χ2v) is 6.92. The number of nitrogens with zero attached hydrogens (tertiary/aromatic N) is 1. The molecule has 2 atom stereocenters. The van der Waals surface area contributed by atoms with Crippen LogP contribution in [0.15, 0.2) is 12.1 Å². The molecule has 0 aromatic carbocycles. The van der Waals surface area contributed by atoms with Crippen LogP contribution in [0.5, 0.6) is 0 Å².